The van der Waals surface area contributed by atoms with E-state index in [2.05, 4.69) is 35.9 Å². The molecule has 2 N–H and O–H groups in total. The normalized spacial score (nSPS) is 18.7. The lowest BCUT2D eigenvalue weighted by Crippen LogP contribution is -2.46. The highest BCUT2D eigenvalue weighted by Crippen LogP contribution is 2.26. The second-order valence-corrected chi connectivity index (χ2v) is 4.88. The molecule has 104 valence electrons. The Hall–Kier alpha value is 0.480. The number of hydrogen-bond donors (Lipinski definition) is 4. The van der Waals surface area contributed by atoms with Crippen LogP contribution in [0.3, 0.4) is 0 Å². The van der Waals surface area contributed by atoms with Gasteiger partial charge in [-0.1, -0.05) is 13.8 Å². The fourth-order valence-electron chi connectivity index (χ4n) is 1.53. The van der Waals surface area contributed by atoms with Gasteiger partial charge >= 0.3 is 0 Å². The van der Waals surface area contributed by atoms with Crippen LogP contribution in [0.2, 0.25) is 0 Å². The van der Waals surface area contributed by atoms with Crippen molar-refractivity contribution >= 4 is 25.3 Å². The molecule has 0 spiro atoms. The molecule has 0 bridgehead atoms. The van der Waals surface area contributed by atoms with E-state index in [1.165, 1.54) is 0 Å². The van der Waals surface area contributed by atoms with E-state index in [9.17, 15) is 8.78 Å². The van der Waals surface area contributed by atoms with Gasteiger partial charge in [0.15, 0.2) is 5.79 Å². The molecular formula is C11H24F2N2S2. The second-order valence-electron chi connectivity index (χ2n) is 4.24. The van der Waals surface area contributed by atoms with Gasteiger partial charge in [-0.15, -0.1) is 0 Å². The summed E-state index contributed by atoms with van der Waals surface area (Å²) in [7, 11) is 0. The van der Waals surface area contributed by atoms with Crippen LogP contribution < -0.4 is 10.6 Å². The molecular weight excluding hydrogens is 262 g/mol. The summed E-state index contributed by atoms with van der Waals surface area (Å²) in [6.45, 7) is 5.13. The number of rotatable bonds is 10. The van der Waals surface area contributed by atoms with Crippen molar-refractivity contribution < 1.29 is 8.78 Å². The quantitative estimate of drug-likeness (QED) is 0.366. The molecule has 0 rings (SSSR count). The molecule has 0 aromatic heterocycles. The Balaban J connectivity index is 4.27. The lowest BCUT2D eigenvalue weighted by Gasteiger charge is -2.29. The van der Waals surface area contributed by atoms with Crippen LogP contribution in [-0.4, -0.2) is 42.6 Å². The van der Waals surface area contributed by atoms with Crippen molar-refractivity contribution in [3.63, 3.8) is 0 Å². The first-order chi connectivity index (χ1) is 7.95. The van der Waals surface area contributed by atoms with Gasteiger partial charge in [0.1, 0.15) is 5.67 Å². The largest absolute Gasteiger partial charge is 0.314 e. The lowest BCUT2D eigenvalue weighted by molar-refractivity contribution is 0.0904. The highest BCUT2D eigenvalue weighted by Gasteiger charge is 2.34. The average molecular weight is 286 g/mol. The number of alkyl halides is 2. The van der Waals surface area contributed by atoms with Gasteiger partial charge in [-0.2, -0.15) is 25.3 Å². The molecule has 0 aliphatic rings. The molecule has 0 heterocycles. The number of halogens is 2. The Bertz CT molecular complexity index is 210. The van der Waals surface area contributed by atoms with E-state index < -0.39 is 11.5 Å². The van der Waals surface area contributed by atoms with E-state index in [4.69, 9.17) is 0 Å². The molecule has 0 aromatic carbocycles. The van der Waals surface area contributed by atoms with E-state index in [0.29, 0.717) is 13.1 Å². The third kappa shape index (κ3) is 6.84. The summed E-state index contributed by atoms with van der Waals surface area (Å²) in [6.07, 6.45) is 0.236. The molecule has 0 amide bonds. The van der Waals surface area contributed by atoms with E-state index in [0.717, 1.165) is 0 Å². The van der Waals surface area contributed by atoms with Gasteiger partial charge in [0, 0.05) is 18.1 Å². The zero-order valence-electron chi connectivity index (χ0n) is 10.6. The maximum atomic E-state index is 14.3. The van der Waals surface area contributed by atoms with E-state index in [-0.39, 0.29) is 30.9 Å². The summed E-state index contributed by atoms with van der Waals surface area (Å²) in [5.74, 6) is -1.45. The Morgan fingerprint density at radius 2 is 1.65 bits per heavy atom. The molecule has 0 aliphatic carbocycles. The van der Waals surface area contributed by atoms with Gasteiger partial charge in [0.05, 0.1) is 0 Å². The predicted molar refractivity (Wildman–Crippen MR) is 76.8 cm³/mol. The summed E-state index contributed by atoms with van der Waals surface area (Å²) >= 11 is 7.98. The van der Waals surface area contributed by atoms with Crippen molar-refractivity contribution in [1.29, 1.82) is 0 Å². The molecule has 6 heteroatoms. The van der Waals surface area contributed by atoms with Crippen LogP contribution in [0.1, 0.15) is 26.7 Å². The van der Waals surface area contributed by atoms with E-state index in [1.54, 1.807) is 0 Å². The third-order valence-corrected chi connectivity index (χ3v) is 3.76. The van der Waals surface area contributed by atoms with Crippen LogP contribution in [-0.2, 0) is 0 Å². The molecule has 2 atom stereocenters. The standard InChI is InChI=1S/C11H24F2N2S2/c1-3-14-7-10(12,8-16)5-6-11(13,9-17)15-4-2/h14-17H,3-9H2,1-2H3/t10-,11-/m1/s1. The van der Waals surface area contributed by atoms with E-state index >= 15 is 0 Å². The smallest absolute Gasteiger partial charge is 0.170 e. The maximum absolute atomic E-state index is 14.3. The molecule has 0 aromatic rings. The number of hydrogen-bond acceptors (Lipinski definition) is 4. The fourth-order valence-corrected chi connectivity index (χ4v) is 2.07. The van der Waals surface area contributed by atoms with Crippen LogP contribution in [0.4, 0.5) is 8.78 Å². The van der Waals surface area contributed by atoms with Crippen molar-refractivity contribution in [1.82, 2.24) is 10.6 Å². The SMILES string of the molecule is CCNC[C@@](F)(CS)CC[C@](F)(CS)NCC. The minimum absolute atomic E-state index is 0.0463. The highest BCUT2D eigenvalue weighted by atomic mass is 32.1. The lowest BCUT2D eigenvalue weighted by atomic mass is 9.97. The van der Waals surface area contributed by atoms with Crippen molar-refractivity contribution in [3.05, 3.63) is 0 Å². The van der Waals surface area contributed by atoms with Gasteiger partial charge in [-0.05, 0) is 25.9 Å². The Labute approximate surface area is 114 Å². The molecule has 0 fully saturated rings. The summed E-state index contributed by atoms with van der Waals surface area (Å²) in [5, 5.41) is 5.65. The van der Waals surface area contributed by atoms with Gasteiger partial charge in [0.2, 0.25) is 0 Å². The monoisotopic (exact) mass is 286 g/mol. The van der Waals surface area contributed by atoms with Gasteiger partial charge in [-0.3, -0.25) is 5.32 Å². The minimum Gasteiger partial charge on any atom is -0.314 e. The van der Waals surface area contributed by atoms with Gasteiger partial charge < -0.3 is 5.32 Å². The first-order valence-electron chi connectivity index (χ1n) is 6.00. The predicted octanol–water partition coefficient (Wildman–Crippen LogP) is 2.22. The van der Waals surface area contributed by atoms with Gasteiger partial charge in [-0.25, -0.2) is 8.78 Å². The Morgan fingerprint density at radius 1 is 1.00 bits per heavy atom. The van der Waals surface area contributed by atoms with Crippen LogP contribution in [0, 0.1) is 0 Å². The van der Waals surface area contributed by atoms with Crippen molar-refractivity contribution in [2.45, 2.75) is 38.2 Å². The summed E-state index contributed by atoms with van der Waals surface area (Å²) < 4.78 is 28.4. The third-order valence-electron chi connectivity index (χ3n) is 2.69. The summed E-state index contributed by atoms with van der Waals surface area (Å²) in [6, 6.07) is 0. The zero-order chi connectivity index (χ0) is 13.4. The molecule has 2 nitrogen and oxygen atoms in total. The molecule has 0 unspecified atom stereocenters. The summed E-state index contributed by atoms with van der Waals surface area (Å²) in [5.41, 5.74) is -1.46. The zero-order valence-corrected chi connectivity index (χ0v) is 12.4. The molecule has 0 radical (unpaired) electrons. The minimum atomic E-state index is -1.59. The van der Waals surface area contributed by atoms with Crippen LogP contribution in [0.15, 0.2) is 0 Å². The van der Waals surface area contributed by atoms with Crippen LogP contribution >= 0.6 is 25.3 Å². The average Bonchev–Trinajstić information content (AvgIpc) is 2.34. The van der Waals surface area contributed by atoms with Crippen molar-refractivity contribution in [3.8, 4) is 0 Å². The maximum Gasteiger partial charge on any atom is 0.170 e. The number of thiol groups is 2. The molecule has 0 aliphatic heterocycles. The van der Waals surface area contributed by atoms with Crippen molar-refractivity contribution in [2.24, 2.45) is 0 Å². The van der Waals surface area contributed by atoms with Crippen LogP contribution in [0.5, 0.6) is 0 Å². The van der Waals surface area contributed by atoms with Crippen LogP contribution in [0.25, 0.3) is 0 Å². The van der Waals surface area contributed by atoms with E-state index in [1.807, 2.05) is 13.8 Å². The molecule has 0 saturated heterocycles. The van der Waals surface area contributed by atoms with Crippen molar-refractivity contribution in [2.75, 3.05) is 31.1 Å². The summed E-state index contributed by atoms with van der Waals surface area (Å²) in [4.78, 5) is 0. The first kappa shape index (κ1) is 17.5. The van der Waals surface area contributed by atoms with Gasteiger partial charge in [0.25, 0.3) is 0 Å². The Morgan fingerprint density at radius 3 is 2.06 bits per heavy atom. The highest BCUT2D eigenvalue weighted by molar-refractivity contribution is 7.80. The molecule has 0 saturated carbocycles. The Kier molecular flexibility index (Phi) is 8.80. The number of nitrogens with one attached hydrogen (secondary N) is 2. The topological polar surface area (TPSA) is 24.1 Å². The first-order valence-corrected chi connectivity index (χ1v) is 7.27. The molecule has 17 heavy (non-hydrogen) atoms. The fraction of sp³-hybridized carbons (Fsp3) is 1.00. The second kappa shape index (κ2) is 8.56.